The highest BCUT2D eigenvalue weighted by Gasteiger charge is 2.24. The molecule has 5 nitrogen and oxygen atoms in total. The first-order valence-corrected chi connectivity index (χ1v) is 10.2. The molecule has 0 bridgehead atoms. The topological polar surface area (TPSA) is 50.8 Å². The molecule has 0 fully saturated rings. The minimum absolute atomic E-state index is 0.163. The van der Waals surface area contributed by atoms with Gasteiger partial charge in [-0.05, 0) is 63.1 Å². The molecule has 1 unspecified atom stereocenters. The summed E-state index contributed by atoms with van der Waals surface area (Å²) in [5.41, 5.74) is 2.08. The average molecular weight is 433 g/mol. The molecule has 3 rings (SSSR count). The van der Waals surface area contributed by atoms with Crippen molar-refractivity contribution >= 4 is 40.6 Å². The van der Waals surface area contributed by atoms with Crippen LogP contribution < -0.4 is 10.1 Å². The number of fused-ring (bicyclic) bond motifs is 1. The van der Waals surface area contributed by atoms with Crippen molar-refractivity contribution in [2.75, 3.05) is 5.32 Å². The van der Waals surface area contributed by atoms with E-state index in [1.807, 2.05) is 70.2 Å². The number of hydrogen-bond donors (Lipinski definition) is 1. The average Bonchev–Trinajstić information content (AvgIpc) is 2.61. The summed E-state index contributed by atoms with van der Waals surface area (Å²) in [5.74, 6) is 0.744. The van der Waals surface area contributed by atoms with E-state index in [1.165, 1.54) is 0 Å². The van der Waals surface area contributed by atoms with Gasteiger partial charge in [-0.25, -0.2) is 4.79 Å². The van der Waals surface area contributed by atoms with Gasteiger partial charge in [-0.1, -0.05) is 42.0 Å². The molecule has 1 aliphatic heterocycles. The van der Waals surface area contributed by atoms with Crippen LogP contribution in [0.25, 0.3) is 0 Å². The summed E-state index contributed by atoms with van der Waals surface area (Å²) in [6.45, 7) is 8.21. The van der Waals surface area contributed by atoms with E-state index in [2.05, 4.69) is 5.32 Å². The van der Waals surface area contributed by atoms with E-state index in [9.17, 15) is 4.79 Å². The summed E-state index contributed by atoms with van der Waals surface area (Å²) in [6, 6.07) is 13.2. The number of halogens is 1. The van der Waals surface area contributed by atoms with Gasteiger partial charge in [0.15, 0.2) is 0 Å². The first-order chi connectivity index (χ1) is 13.6. The molecule has 0 saturated heterocycles. The van der Waals surface area contributed by atoms with Gasteiger partial charge in [-0.3, -0.25) is 4.90 Å². The Hall–Kier alpha value is -2.31. The molecule has 1 N–H and O–H groups in total. The molecule has 2 aromatic carbocycles. The van der Waals surface area contributed by atoms with Gasteiger partial charge in [0, 0.05) is 18.1 Å². The van der Waals surface area contributed by atoms with Gasteiger partial charge in [-0.15, -0.1) is 0 Å². The lowest BCUT2D eigenvalue weighted by Gasteiger charge is -2.29. The van der Waals surface area contributed by atoms with Crippen LogP contribution in [0.5, 0.6) is 5.75 Å². The molecule has 0 saturated carbocycles. The van der Waals surface area contributed by atoms with Crippen molar-refractivity contribution in [1.82, 2.24) is 4.90 Å². The lowest BCUT2D eigenvalue weighted by atomic mass is 10.1. The van der Waals surface area contributed by atoms with E-state index in [-0.39, 0.29) is 12.2 Å². The molecule has 7 heteroatoms. The predicted molar refractivity (Wildman–Crippen MR) is 120 cm³/mol. The van der Waals surface area contributed by atoms with Gasteiger partial charge in [0.2, 0.25) is 0 Å². The van der Waals surface area contributed by atoms with Crippen LogP contribution in [-0.2, 0) is 17.8 Å². The number of hydrogen-bond acceptors (Lipinski definition) is 4. The fraction of sp³-hybridized carbons (Fsp3) is 0.364. The predicted octanol–water partition coefficient (Wildman–Crippen LogP) is 5.80. The highest BCUT2D eigenvalue weighted by atomic mass is 35.5. The molecule has 0 aliphatic carbocycles. The molecule has 0 aromatic heterocycles. The highest BCUT2D eigenvalue weighted by molar-refractivity contribution is 7.80. The number of benzene rings is 2. The van der Waals surface area contributed by atoms with E-state index in [1.54, 1.807) is 4.90 Å². The van der Waals surface area contributed by atoms with Gasteiger partial charge in [0.1, 0.15) is 22.4 Å². The number of thiocarbonyl (C=S) groups is 1. The van der Waals surface area contributed by atoms with Crippen molar-refractivity contribution in [2.45, 2.75) is 52.5 Å². The summed E-state index contributed by atoms with van der Waals surface area (Å²) in [6.07, 6.45) is -0.548. The molecular formula is C22H25ClN2O3S. The zero-order chi connectivity index (χ0) is 21.2. The van der Waals surface area contributed by atoms with Crippen LogP contribution in [0, 0.1) is 0 Å². The quantitative estimate of drug-likeness (QED) is 0.619. The highest BCUT2D eigenvalue weighted by Crippen LogP contribution is 2.31. The van der Waals surface area contributed by atoms with Gasteiger partial charge < -0.3 is 14.8 Å². The van der Waals surface area contributed by atoms with E-state index in [0.29, 0.717) is 23.1 Å². The number of nitrogens with one attached hydrogen (secondary N) is 1. The molecule has 154 valence electrons. The van der Waals surface area contributed by atoms with Crippen LogP contribution in [0.1, 0.15) is 38.8 Å². The van der Waals surface area contributed by atoms with Crippen molar-refractivity contribution in [3.63, 3.8) is 0 Å². The first kappa shape index (κ1) is 21.4. The molecule has 29 heavy (non-hydrogen) atoms. The molecule has 1 amide bonds. The minimum Gasteiger partial charge on any atom is -0.481 e. The second-order valence-corrected chi connectivity index (χ2v) is 8.92. The number of anilines is 1. The van der Waals surface area contributed by atoms with Gasteiger partial charge in [0.25, 0.3) is 0 Å². The number of carbonyl (C=O) groups is 1. The van der Waals surface area contributed by atoms with Crippen molar-refractivity contribution in [3.05, 3.63) is 58.6 Å². The van der Waals surface area contributed by atoms with Crippen molar-refractivity contribution < 1.29 is 14.3 Å². The Labute approximate surface area is 181 Å². The van der Waals surface area contributed by atoms with Gasteiger partial charge >= 0.3 is 6.09 Å². The van der Waals surface area contributed by atoms with E-state index in [0.717, 1.165) is 22.6 Å². The van der Waals surface area contributed by atoms with Crippen LogP contribution in [0.2, 0.25) is 5.02 Å². The SMILES string of the molecule is CC1Oc2ccc(CN(Cc3cccc(Cl)c3)C(=O)OC(C)(C)C)cc2NC1=S. The van der Waals surface area contributed by atoms with E-state index in [4.69, 9.17) is 33.3 Å². The number of nitrogens with zero attached hydrogens (tertiary/aromatic N) is 1. The Kier molecular flexibility index (Phi) is 6.34. The van der Waals surface area contributed by atoms with Crippen LogP contribution in [0.15, 0.2) is 42.5 Å². The number of amides is 1. The summed E-state index contributed by atoms with van der Waals surface area (Å²) in [5, 5.41) is 3.83. The first-order valence-electron chi connectivity index (χ1n) is 9.43. The molecular weight excluding hydrogens is 408 g/mol. The Bertz CT molecular complexity index is 927. The molecule has 0 radical (unpaired) electrons. The Morgan fingerprint density at radius 2 is 1.90 bits per heavy atom. The number of rotatable bonds is 4. The normalized spacial score (nSPS) is 15.8. The third-order valence-electron chi connectivity index (χ3n) is 4.26. The summed E-state index contributed by atoms with van der Waals surface area (Å²) in [7, 11) is 0. The van der Waals surface area contributed by atoms with Crippen LogP contribution >= 0.6 is 23.8 Å². The molecule has 1 aliphatic rings. The molecule has 0 spiro atoms. The molecule has 2 aromatic rings. The van der Waals surface area contributed by atoms with E-state index >= 15 is 0 Å². The maximum Gasteiger partial charge on any atom is 0.410 e. The Morgan fingerprint density at radius 1 is 1.21 bits per heavy atom. The monoisotopic (exact) mass is 432 g/mol. The summed E-state index contributed by atoms with van der Waals surface area (Å²) >= 11 is 11.4. The second-order valence-electron chi connectivity index (χ2n) is 8.05. The molecule has 1 heterocycles. The second kappa shape index (κ2) is 8.59. The van der Waals surface area contributed by atoms with Crippen LogP contribution in [-0.4, -0.2) is 27.7 Å². The van der Waals surface area contributed by atoms with Crippen LogP contribution in [0.3, 0.4) is 0 Å². The Balaban J connectivity index is 1.83. The summed E-state index contributed by atoms with van der Waals surface area (Å²) < 4.78 is 11.4. The largest absolute Gasteiger partial charge is 0.481 e. The summed E-state index contributed by atoms with van der Waals surface area (Å²) in [4.78, 5) is 15.1. The smallest absolute Gasteiger partial charge is 0.410 e. The van der Waals surface area contributed by atoms with Crippen LogP contribution in [0.4, 0.5) is 10.5 Å². The van der Waals surface area contributed by atoms with Crippen molar-refractivity contribution in [2.24, 2.45) is 0 Å². The Morgan fingerprint density at radius 3 is 2.55 bits per heavy atom. The maximum atomic E-state index is 12.8. The zero-order valence-electron chi connectivity index (χ0n) is 17.0. The number of carbonyl (C=O) groups excluding carboxylic acids is 1. The lowest BCUT2D eigenvalue weighted by Crippen LogP contribution is -2.36. The fourth-order valence-electron chi connectivity index (χ4n) is 2.94. The standard InChI is InChI=1S/C22H25ClN2O3S/c1-14-20(29)24-18-11-16(8-9-19(18)27-14)13-25(21(26)28-22(2,3)4)12-15-6-5-7-17(23)10-15/h5-11,14H,12-13H2,1-4H3,(H,24,29). The third kappa shape index (κ3) is 5.84. The lowest BCUT2D eigenvalue weighted by molar-refractivity contribution is 0.0216. The third-order valence-corrected chi connectivity index (χ3v) is 4.93. The van der Waals surface area contributed by atoms with E-state index < -0.39 is 5.60 Å². The number of ether oxygens (including phenoxy) is 2. The zero-order valence-corrected chi connectivity index (χ0v) is 18.6. The minimum atomic E-state index is -0.586. The fourth-order valence-corrected chi connectivity index (χ4v) is 3.31. The van der Waals surface area contributed by atoms with Gasteiger partial charge in [-0.2, -0.15) is 0 Å². The maximum absolute atomic E-state index is 12.8. The van der Waals surface area contributed by atoms with Gasteiger partial charge in [0.05, 0.1) is 5.69 Å². The molecule has 1 atom stereocenters. The van der Waals surface area contributed by atoms with Crippen molar-refractivity contribution in [1.29, 1.82) is 0 Å². The van der Waals surface area contributed by atoms with Crippen molar-refractivity contribution in [3.8, 4) is 5.75 Å².